The van der Waals surface area contributed by atoms with E-state index in [-0.39, 0.29) is 5.91 Å². The first-order valence-electron chi connectivity index (χ1n) is 5.83. The van der Waals surface area contributed by atoms with Crippen LogP contribution in [0.25, 0.3) is 10.9 Å². The van der Waals surface area contributed by atoms with Gasteiger partial charge in [-0.2, -0.15) is 12.6 Å². The Morgan fingerprint density at radius 3 is 2.74 bits per heavy atom. The molecule has 0 radical (unpaired) electrons. The third kappa shape index (κ3) is 2.78. The minimum Gasteiger partial charge on any atom is -0.497 e. The number of aromatic nitrogens is 1. The normalized spacial score (nSPS) is 10.5. The molecule has 0 saturated carbocycles. The van der Waals surface area contributed by atoms with Crippen LogP contribution in [0.2, 0.25) is 0 Å². The van der Waals surface area contributed by atoms with E-state index in [1.165, 1.54) is 0 Å². The van der Waals surface area contributed by atoms with E-state index >= 15 is 0 Å². The molecule has 0 aliphatic heterocycles. The molecule has 0 spiro atoms. The van der Waals surface area contributed by atoms with Gasteiger partial charge >= 0.3 is 0 Å². The van der Waals surface area contributed by atoms with Crippen LogP contribution >= 0.6 is 12.6 Å². The van der Waals surface area contributed by atoms with E-state index in [1.54, 1.807) is 26.4 Å². The summed E-state index contributed by atoms with van der Waals surface area (Å²) in [6.45, 7) is 0.526. The Bertz CT molecular complexity index is 595. The predicted octanol–water partition coefficient (Wildman–Crippen LogP) is 1.84. The van der Waals surface area contributed by atoms with Crippen LogP contribution in [0, 0.1) is 0 Å². The summed E-state index contributed by atoms with van der Waals surface area (Å²) in [5, 5.41) is 3.60. The van der Waals surface area contributed by atoms with Gasteiger partial charge in [0.1, 0.15) is 17.2 Å². The van der Waals surface area contributed by atoms with Gasteiger partial charge in [0.2, 0.25) is 0 Å². The number of hydrogen-bond acceptors (Lipinski definition) is 4. The van der Waals surface area contributed by atoms with Crippen molar-refractivity contribution in [3.8, 4) is 11.5 Å². The second-order valence-electron chi connectivity index (χ2n) is 3.95. The van der Waals surface area contributed by atoms with Gasteiger partial charge in [-0.25, -0.2) is 0 Å². The Hall–Kier alpha value is -1.82. The van der Waals surface area contributed by atoms with Crippen molar-refractivity contribution in [2.75, 3.05) is 26.5 Å². The molecule has 0 saturated heterocycles. The molecule has 1 aromatic heterocycles. The number of benzene rings is 1. The molecule has 0 atom stereocenters. The summed E-state index contributed by atoms with van der Waals surface area (Å²) in [6, 6.07) is 5.38. The van der Waals surface area contributed by atoms with Gasteiger partial charge in [-0.3, -0.25) is 4.79 Å². The molecule has 0 bridgehead atoms. The first-order chi connectivity index (χ1) is 9.19. The van der Waals surface area contributed by atoms with Crippen molar-refractivity contribution in [3.05, 3.63) is 23.9 Å². The Labute approximate surface area is 116 Å². The largest absolute Gasteiger partial charge is 0.497 e. The van der Waals surface area contributed by atoms with Crippen molar-refractivity contribution in [3.63, 3.8) is 0 Å². The molecule has 2 N–H and O–H groups in total. The van der Waals surface area contributed by atoms with Crippen molar-refractivity contribution >= 4 is 29.4 Å². The maximum absolute atomic E-state index is 11.9. The first-order valence-corrected chi connectivity index (χ1v) is 6.46. The molecule has 0 aliphatic carbocycles. The Kier molecular flexibility index (Phi) is 4.21. The fourth-order valence-electron chi connectivity index (χ4n) is 1.85. The molecule has 6 heteroatoms. The van der Waals surface area contributed by atoms with Crippen LogP contribution in [0.3, 0.4) is 0 Å². The molecule has 5 nitrogen and oxygen atoms in total. The average molecular weight is 280 g/mol. The SMILES string of the molecule is COc1cc(OC)c2cc(C(=O)NCCS)[nH]c2c1. The number of hydrogen-bond donors (Lipinski definition) is 3. The van der Waals surface area contributed by atoms with Crippen molar-refractivity contribution in [2.24, 2.45) is 0 Å². The molecule has 19 heavy (non-hydrogen) atoms. The molecule has 0 fully saturated rings. The molecule has 102 valence electrons. The lowest BCUT2D eigenvalue weighted by atomic mass is 10.2. The van der Waals surface area contributed by atoms with E-state index in [9.17, 15) is 4.79 Å². The smallest absolute Gasteiger partial charge is 0.267 e. The van der Waals surface area contributed by atoms with E-state index in [0.717, 1.165) is 10.9 Å². The third-order valence-electron chi connectivity index (χ3n) is 2.77. The van der Waals surface area contributed by atoms with Crippen LogP contribution in [-0.4, -0.2) is 37.4 Å². The van der Waals surface area contributed by atoms with Crippen LogP contribution in [0.5, 0.6) is 11.5 Å². The molecule has 2 rings (SSSR count). The number of ether oxygens (including phenoxy) is 2. The number of H-pyrrole nitrogens is 1. The summed E-state index contributed by atoms with van der Waals surface area (Å²) in [4.78, 5) is 14.9. The first kappa shape index (κ1) is 13.6. The van der Waals surface area contributed by atoms with Gasteiger partial charge in [-0.15, -0.1) is 0 Å². The van der Waals surface area contributed by atoms with Crippen molar-refractivity contribution in [1.82, 2.24) is 10.3 Å². The van der Waals surface area contributed by atoms with E-state index in [4.69, 9.17) is 9.47 Å². The lowest BCUT2D eigenvalue weighted by Gasteiger charge is -2.04. The van der Waals surface area contributed by atoms with Crippen LogP contribution in [0.4, 0.5) is 0 Å². The number of thiol groups is 1. The second-order valence-corrected chi connectivity index (χ2v) is 4.40. The van der Waals surface area contributed by atoms with E-state index in [2.05, 4.69) is 22.9 Å². The highest BCUT2D eigenvalue weighted by molar-refractivity contribution is 7.80. The standard InChI is InChI=1S/C13H16N2O3S/c1-17-8-5-10-9(12(6-8)18-2)7-11(15-10)13(16)14-3-4-19/h5-7,15,19H,3-4H2,1-2H3,(H,14,16). The number of aromatic amines is 1. The number of carbonyl (C=O) groups is 1. The number of fused-ring (bicyclic) bond motifs is 1. The zero-order valence-electron chi connectivity index (χ0n) is 10.8. The van der Waals surface area contributed by atoms with E-state index < -0.39 is 0 Å². The Balaban J connectivity index is 2.41. The van der Waals surface area contributed by atoms with Crippen molar-refractivity contribution < 1.29 is 14.3 Å². The number of amides is 1. The highest BCUT2D eigenvalue weighted by Gasteiger charge is 2.13. The average Bonchev–Trinajstić information content (AvgIpc) is 2.87. The quantitative estimate of drug-likeness (QED) is 0.732. The van der Waals surface area contributed by atoms with Gasteiger partial charge in [-0.1, -0.05) is 0 Å². The van der Waals surface area contributed by atoms with Gasteiger partial charge in [0.15, 0.2) is 0 Å². The van der Waals surface area contributed by atoms with Crippen LogP contribution in [0.15, 0.2) is 18.2 Å². The Morgan fingerprint density at radius 2 is 2.11 bits per heavy atom. The summed E-state index contributed by atoms with van der Waals surface area (Å²) in [5.41, 5.74) is 1.29. The maximum atomic E-state index is 11.9. The van der Waals surface area contributed by atoms with Crippen molar-refractivity contribution in [1.29, 1.82) is 0 Å². The minimum absolute atomic E-state index is 0.161. The highest BCUT2D eigenvalue weighted by Crippen LogP contribution is 2.31. The molecular weight excluding hydrogens is 264 g/mol. The van der Waals surface area contributed by atoms with Crippen LogP contribution < -0.4 is 14.8 Å². The predicted molar refractivity (Wildman–Crippen MR) is 77.6 cm³/mol. The second kappa shape index (κ2) is 5.88. The highest BCUT2D eigenvalue weighted by atomic mass is 32.1. The number of rotatable bonds is 5. The molecule has 0 unspecified atom stereocenters. The van der Waals surface area contributed by atoms with E-state index in [0.29, 0.717) is 29.5 Å². The summed E-state index contributed by atoms with van der Waals surface area (Å²) in [5.74, 6) is 1.78. The molecular formula is C13H16N2O3S. The third-order valence-corrected chi connectivity index (χ3v) is 2.99. The minimum atomic E-state index is -0.161. The maximum Gasteiger partial charge on any atom is 0.267 e. The Morgan fingerprint density at radius 1 is 1.32 bits per heavy atom. The summed E-state index contributed by atoms with van der Waals surface area (Å²) >= 11 is 4.05. The molecule has 1 amide bonds. The fourth-order valence-corrected chi connectivity index (χ4v) is 1.96. The summed E-state index contributed by atoms with van der Waals surface area (Å²) < 4.78 is 10.5. The van der Waals surface area contributed by atoms with Gasteiger partial charge in [-0.05, 0) is 6.07 Å². The molecule has 1 aromatic carbocycles. The van der Waals surface area contributed by atoms with Crippen LogP contribution in [0.1, 0.15) is 10.5 Å². The fraction of sp³-hybridized carbons (Fsp3) is 0.308. The van der Waals surface area contributed by atoms with Gasteiger partial charge in [0, 0.05) is 29.8 Å². The van der Waals surface area contributed by atoms with Gasteiger partial charge in [0.05, 0.1) is 19.7 Å². The van der Waals surface area contributed by atoms with Crippen molar-refractivity contribution in [2.45, 2.75) is 0 Å². The van der Waals surface area contributed by atoms with Gasteiger partial charge < -0.3 is 19.8 Å². The van der Waals surface area contributed by atoms with E-state index in [1.807, 2.05) is 6.07 Å². The van der Waals surface area contributed by atoms with Gasteiger partial charge in [0.25, 0.3) is 5.91 Å². The molecule has 2 aromatic rings. The zero-order chi connectivity index (χ0) is 13.8. The lowest BCUT2D eigenvalue weighted by molar-refractivity contribution is 0.0952. The summed E-state index contributed by atoms with van der Waals surface area (Å²) in [6.07, 6.45) is 0. The number of methoxy groups -OCH3 is 2. The lowest BCUT2D eigenvalue weighted by Crippen LogP contribution is -2.25. The zero-order valence-corrected chi connectivity index (χ0v) is 11.7. The number of carbonyl (C=O) groups excluding carboxylic acids is 1. The topological polar surface area (TPSA) is 63.4 Å². The molecule has 1 heterocycles. The molecule has 0 aliphatic rings. The van der Waals surface area contributed by atoms with Crippen LogP contribution in [-0.2, 0) is 0 Å². The number of nitrogens with one attached hydrogen (secondary N) is 2. The monoisotopic (exact) mass is 280 g/mol. The summed E-state index contributed by atoms with van der Waals surface area (Å²) in [7, 11) is 3.17.